The van der Waals surface area contributed by atoms with Gasteiger partial charge < -0.3 is 15.2 Å². The van der Waals surface area contributed by atoms with E-state index in [1.807, 2.05) is 0 Å². The van der Waals surface area contributed by atoms with Crippen molar-refractivity contribution >= 4 is 11.9 Å². The molecule has 70 valence electrons. The van der Waals surface area contributed by atoms with Gasteiger partial charge in [-0.2, -0.15) is 0 Å². The fourth-order valence-electron chi connectivity index (χ4n) is 0.570. The van der Waals surface area contributed by atoms with Crippen LogP contribution in [0.1, 0.15) is 13.3 Å². The number of carboxylic acids is 1. The van der Waals surface area contributed by atoms with E-state index in [1.165, 1.54) is 14.0 Å². The van der Waals surface area contributed by atoms with Gasteiger partial charge in [0.2, 0.25) is 5.91 Å². The van der Waals surface area contributed by atoms with E-state index in [1.54, 1.807) is 0 Å². The third-order valence-electron chi connectivity index (χ3n) is 1.28. The van der Waals surface area contributed by atoms with Crippen molar-refractivity contribution in [1.29, 1.82) is 0 Å². The van der Waals surface area contributed by atoms with Crippen LogP contribution in [0.5, 0.6) is 0 Å². The second-order valence-corrected chi connectivity index (χ2v) is 2.37. The molecule has 5 nitrogen and oxygen atoms in total. The van der Waals surface area contributed by atoms with Crippen LogP contribution >= 0.6 is 0 Å². The molecule has 0 aromatic rings. The largest absolute Gasteiger partial charge is 0.480 e. The zero-order valence-electron chi connectivity index (χ0n) is 7.16. The number of methoxy groups -OCH3 is 1. The van der Waals surface area contributed by atoms with Crippen molar-refractivity contribution in [3.63, 3.8) is 0 Å². The van der Waals surface area contributed by atoms with Gasteiger partial charge in [0.15, 0.2) is 0 Å². The van der Waals surface area contributed by atoms with Crippen molar-refractivity contribution in [2.75, 3.05) is 13.7 Å². The van der Waals surface area contributed by atoms with Crippen LogP contribution in [0.4, 0.5) is 0 Å². The Morgan fingerprint density at radius 2 is 2.17 bits per heavy atom. The summed E-state index contributed by atoms with van der Waals surface area (Å²) in [5.74, 6) is -1.35. The number of carboxylic acid groups (broad SMARTS) is 1. The normalized spacial score (nSPS) is 12.2. The van der Waals surface area contributed by atoms with Gasteiger partial charge >= 0.3 is 5.97 Å². The highest BCUT2D eigenvalue weighted by Crippen LogP contribution is 1.85. The van der Waals surface area contributed by atoms with Crippen molar-refractivity contribution in [3.05, 3.63) is 0 Å². The van der Waals surface area contributed by atoms with Gasteiger partial charge in [0.05, 0.1) is 6.61 Å². The van der Waals surface area contributed by atoms with Gasteiger partial charge in [-0.15, -0.1) is 0 Å². The number of ether oxygens (including phenoxy) is 1. The highest BCUT2D eigenvalue weighted by Gasteiger charge is 2.12. The first-order chi connectivity index (χ1) is 5.57. The zero-order valence-corrected chi connectivity index (χ0v) is 7.16. The standard InChI is InChI=1S/C7H13NO4/c1-5(7(10)11)8-6(9)3-4-12-2/h5H,3-4H2,1-2H3,(H,8,9)(H,10,11). The zero-order chi connectivity index (χ0) is 9.56. The van der Waals surface area contributed by atoms with Crippen molar-refractivity contribution in [1.82, 2.24) is 5.32 Å². The fourth-order valence-corrected chi connectivity index (χ4v) is 0.570. The van der Waals surface area contributed by atoms with Crippen molar-refractivity contribution in [2.45, 2.75) is 19.4 Å². The average Bonchev–Trinajstić information content (AvgIpc) is 2.00. The lowest BCUT2D eigenvalue weighted by molar-refractivity contribution is -0.141. The quantitative estimate of drug-likeness (QED) is 0.596. The molecule has 0 heterocycles. The van der Waals surface area contributed by atoms with Crippen LogP contribution in [-0.2, 0) is 14.3 Å². The number of carbonyl (C=O) groups excluding carboxylic acids is 1. The van der Waals surface area contributed by atoms with Crippen LogP contribution in [0.3, 0.4) is 0 Å². The van der Waals surface area contributed by atoms with Gasteiger partial charge in [0, 0.05) is 13.5 Å². The molecule has 0 fully saturated rings. The van der Waals surface area contributed by atoms with E-state index in [4.69, 9.17) is 5.11 Å². The fraction of sp³-hybridized carbons (Fsp3) is 0.714. The van der Waals surface area contributed by atoms with E-state index in [0.717, 1.165) is 0 Å². The molecule has 0 saturated heterocycles. The number of rotatable bonds is 5. The predicted molar refractivity (Wildman–Crippen MR) is 41.7 cm³/mol. The van der Waals surface area contributed by atoms with Crippen LogP contribution < -0.4 is 5.32 Å². The maximum atomic E-state index is 10.9. The third kappa shape index (κ3) is 4.68. The van der Waals surface area contributed by atoms with Crippen molar-refractivity contribution in [2.24, 2.45) is 0 Å². The highest BCUT2D eigenvalue weighted by atomic mass is 16.5. The Labute approximate surface area is 70.7 Å². The molecular weight excluding hydrogens is 162 g/mol. The number of aliphatic carboxylic acids is 1. The Morgan fingerprint density at radius 3 is 2.58 bits per heavy atom. The number of hydrogen-bond donors (Lipinski definition) is 2. The maximum Gasteiger partial charge on any atom is 0.325 e. The molecule has 1 unspecified atom stereocenters. The predicted octanol–water partition coefficient (Wildman–Crippen LogP) is -0.388. The number of nitrogens with one attached hydrogen (secondary N) is 1. The molecule has 0 bridgehead atoms. The summed E-state index contributed by atoms with van der Waals surface area (Å²) in [5, 5.41) is 10.7. The molecule has 12 heavy (non-hydrogen) atoms. The summed E-state index contributed by atoms with van der Waals surface area (Å²) < 4.78 is 4.65. The summed E-state index contributed by atoms with van der Waals surface area (Å²) in [4.78, 5) is 21.1. The SMILES string of the molecule is COCCC(=O)NC(C)C(=O)O. The second kappa shape index (κ2) is 5.54. The Morgan fingerprint density at radius 1 is 1.58 bits per heavy atom. The average molecular weight is 175 g/mol. The van der Waals surface area contributed by atoms with Crippen LogP contribution in [0.25, 0.3) is 0 Å². The molecule has 0 spiro atoms. The van der Waals surface area contributed by atoms with Crippen molar-refractivity contribution < 1.29 is 19.4 Å². The summed E-state index contributed by atoms with van der Waals surface area (Å²) in [6.45, 7) is 1.71. The van der Waals surface area contributed by atoms with E-state index in [0.29, 0.717) is 6.61 Å². The Balaban J connectivity index is 3.61. The van der Waals surface area contributed by atoms with Crippen LogP contribution in [0.2, 0.25) is 0 Å². The molecule has 0 aromatic heterocycles. The number of amides is 1. The van der Waals surface area contributed by atoms with Crippen LogP contribution in [0.15, 0.2) is 0 Å². The number of carbonyl (C=O) groups is 2. The highest BCUT2D eigenvalue weighted by molar-refractivity contribution is 5.83. The second-order valence-electron chi connectivity index (χ2n) is 2.37. The molecule has 0 rings (SSSR count). The monoisotopic (exact) mass is 175 g/mol. The molecule has 2 N–H and O–H groups in total. The molecule has 0 aromatic carbocycles. The van der Waals surface area contributed by atoms with Gasteiger partial charge in [0.1, 0.15) is 6.04 Å². The molecule has 1 atom stereocenters. The topological polar surface area (TPSA) is 75.6 Å². The Hall–Kier alpha value is -1.10. The molecule has 0 aliphatic rings. The Bertz CT molecular complexity index is 169. The third-order valence-corrected chi connectivity index (χ3v) is 1.28. The van der Waals surface area contributed by atoms with Gasteiger partial charge in [-0.05, 0) is 6.92 Å². The first kappa shape index (κ1) is 10.9. The van der Waals surface area contributed by atoms with Gasteiger partial charge in [0.25, 0.3) is 0 Å². The molecule has 5 heteroatoms. The lowest BCUT2D eigenvalue weighted by Gasteiger charge is -2.08. The maximum absolute atomic E-state index is 10.9. The molecule has 0 saturated carbocycles. The summed E-state index contributed by atoms with van der Waals surface area (Å²) in [7, 11) is 1.48. The molecule has 1 amide bonds. The first-order valence-electron chi connectivity index (χ1n) is 3.59. The van der Waals surface area contributed by atoms with E-state index in [2.05, 4.69) is 10.1 Å². The summed E-state index contributed by atoms with van der Waals surface area (Å²) in [6, 6.07) is -0.839. The molecule has 0 radical (unpaired) electrons. The van der Waals surface area contributed by atoms with Crippen LogP contribution in [0, 0.1) is 0 Å². The minimum Gasteiger partial charge on any atom is -0.480 e. The first-order valence-corrected chi connectivity index (χ1v) is 3.59. The minimum absolute atomic E-state index is 0.189. The van der Waals surface area contributed by atoms with E-state index in [-0.39, 0.29) is 12.3 Å². The lowest BCUT2D eigenvalue weighted by atomic mass is 10.3. The van der Waals surface area contributed by atoms with E-state index in [9.17, 15) is 9.59 Å². The van der Waals surface area contributed by atoms with Crippen LogP contribution in [-0.4, -0.2) is 36.7 Å². The van der Waals surface area contributed by atoms with Gasteiger partial charge in [-0.25, -0.2) is 0 Å². The summed E-state index contributed by atoms with van der Waals surface area (Å²) in [5.41, 5.74) is 0. The lowest BCUT2D eigenvalue weighted by Crippen LogP contribution is -2.38. The summed E-state index contributed by atoms with van der Waals surface area (Å²) in [6.07, 6.45) is 0.189. The smallest absolute Gasteiger partial charge is 0.325 e. The number of hydrogen-bond acceptors (Lipinski definition) is 3. The van der Waals surface area contributed by atoms with Gasteiger partial charge in [-0.3, -0.25) is 9.59 Å². The molecule has 0 aliphatic carbocycles. The van der Waals surface area contributed by atoms with E-state index < -0.39 is 12.0 Å². The summed E-state index contributed by atoms with van der Waals surface area (Å²) >= 11 is 0. The van der Waals surface area contributed by atoms with Gasteiger partial charge in [-0.1, -0.05) is 0 Å². The van der Waals surface area contributed by atoms with E-state index >= 15 is 0 Å². The molecule has 0 aliphatic heterocycles. The minimum atomic E-state index is -1.04. The van der Waals surface area contributed by atoms with Crippen molar-refractivity contribution in [3.8, 4) is 0 Å². The Kier molecular flexibility index (Phi) is 5.03. The molecular formula is C7H13NO4.